The van der Waals surface area contributed by atoms with Crippen LogP contribution in [0.1, 0.15) is 10.5 Å². The van der Waals surface area contributed by atoms with E-state index in [0.29, 0.717) is 29.6 Å². The largest absolute Gasteiger partial charge is 0.383 e. The lowest BCUT2D eigenvalue weighted by Crippen LogP contribution is -2.18. The minimum absolute atomic E-state index is 0.186. The summed E-state index contributed by atoms with van der Waals surface area (Å²) >= 11 is 8.28. The fraction of sp³-hybridized carbons (Fsp3) is 0.214. The first-order valence-corrected chi connectivity index (χ1v) is 7.48. The maximum absolute atomic E-state index is 12.3. The average molecular weight is 405 g/mol. The zero-order valence-electron chi connectivity index (χ0n) is 10.9. The standard InChI is InChI=1S/C14H14ClIN2O2/c1-20-8-7-18-6-2-3-13(18)14(19)17-12-5-4-10(16)9-11(12)15/h2-6,9H,7-8H2,1H3,(H,17,19). The SMILES string of the molecule is COCCn1cccc1C(=O)Nc1ccc(I)cc1Cl. The molecule has 0 bridgehead atoms. The summed E-state index contributed by atoms with van der Waals surface area (Å²) in [4.78, 5) is 12.3. The number of rotatable bonds is 5. The molecule has 1 aromatic heterocycles. The van der Waals surface area contributed by atoms with Crippen molar-refractivity contribution in [2.75, 3.05) is 19.0 Å². The van der Waals surface area contributed by atoms with Gasteiger partial charge in [0.05, 0.1) is 17.3 Å². The first-order valence-electron chi connectivity index (χ1n) is 6.02. The van der Waals surface area contributed by atoms with Crippen LogP contribution in [0.25, 0.3) is 0 Å². The predicted molar refractivity (Wildman–Crippen MR) is 88.4 cm³/mol. The number of benzene rings is 1. The van der Waals surface area contributed by atoms with Crippen molar-refractivity contribution in [1.82, 2.24) is 4.57 Å². The summed E-state index contributed by atoms with van der Waals surface area (Å²) in [6.45, 7) is 1.19. The lowest BCUT2D eigenvalue weighted by atomic mass is 10.3. The van der Waals surface area contributed by atoms with Gasteiger partial charge < -0.3 is 14.6 Å². The van der Waals surface area contributed by atoms with Crippen LogP contribution >= 0.6 is 34.2 Å². The fourth-order valence-corrected chi connectivity index (χ4v) is 2.69. The first kappa shape index (κ1) is 15.3. The molecular weight excluding hydrogens is 391 g/mol. The Morgan fingerprint density at radius 2 is 2.25 bits per heavy atom. The monoisotopic (exact) mass is 404 g/mol. The zero-order valence-corrected chi connectivity index (χ0v) is 13.8. The van der Waals surface area contributed by atoms with E-state index in [1.807, 2.05) is 29.0 Å². The average Bonchev–Trinajstić information content (AvgIpc) is 2.88. The number of carbonyl (C=O) groups excluding carboxylic acids is 1. The second kappa shape index (κ2) is 7.10. The number of carbonyl (C=O) groups is 1. The van der Waals surface area contributed by atoms with Crippen LogP contribution in [0.5, 0.6) is 0 Å². The highest BCUT2D eigenvalue weighted by Crippen LogP contribution is 2.24. The number of amides is 1. The summed E-state index contributed by atoms with van der Waals surface area (Å²) in [5, 5.41) is 3.35. The van der Waals surface area contributed by atoms with E-state index < -0.39 is 0 Å². The number of hydrogen-bond donors (Lipinski definition) is 1. The van der Waals surface area contributed by atoms with Crippen molar-refractivity contribution in [3.63, 3.8) is 0 Å². The number of anilines is 1. The van der Waals surface area contributed by atoms with Crippen molar-refractivity contribution in [3.8, 4) is 0 Å². The van der Waals surface area contributed by atoms with E-state index in [-0.39, 0.29) is 5.91 Å². The summed E-state index contributed by atoms with van der Waals surface area (Å²) in [6, 6.07) is 9.10. The molecule has 0 saturated heterocycles. The van der Waals surface area contributed by atoms with Gasteiger partial charge in [-0.2, -0.15) is 0 Å². The highest BCUT2D eigenvalue weighted by atomic mass is 127. The number of nitrogens with one attached hydrogen (secondary N) is 1. The fourth-order valence-electron chi connectivity index (χ4n) is 1.78. The third-order valence-corrected chi connectivity index (χ3v) is 3.76. The van der Waals surface area contributed by atoms with Crippen LogP contribution in [-0.2, 0) is 11.3 Å². The molecule has 4 nitrogen and oxygen atoms in total. The number of hydrogen-bond acceptors (Lipinski definition) is 2. The Morgan fingerprint density at radius 3 is 2.95 bits per heavy atom. The van der Waals surface area contributed by atoms with Gasteiger partial charge in [0.15, 0.2) is 0 Å². The van der Waals surface area contributed by atoms with Crippen LogP contribution in [0, 0.1) is 3.57 Å². The third kappa shape index (κ3) is 3.74. The normalized spacial score (nSPS) is 10.6. The van der Waals surface area contributed by atoms with Gasteiger partial charge in [-0.15, -0.1) is 0 Å². The minimum Gasteiger partial charge on any atom is -0.383 e. The van der Waals surface area contributed by atoms with Gasteiger partial charge in [0.25, 0.3) is 5.91 Å². The van der Waals surface area contributed by atoms with Crippen molar-refractivity contribution < 1.29 is 9.53 Å². The lowest BCUT2D eigenvalue weighted by molar-refractivity contribution is 0.101. The van der Waals surface area contributed by atoms with Gasteiger partial charge in [-0.05, 0) is 52.9 Å². The minimum atomic E-state index is -0.186. The number of halogens is 2. The molecule has 2 aromatic rings. The predicted octanol–water partition coefficient (Wildman–Crippen LogP) is 3.64. The number of ether oxygens (including phenoxy) is 1. The van der Waals surface area contributed by atoms with E-state index in [4.69, 9.17) is 16.3 Å². The molecule has 1 aromatic carbocycles. The highest BCUT2D eigenvalue weighted by molar-refractivity contribution is 14.1. The molecule has 0 fully saturated rings. The van der Waals surface area contributed by atoms with Crippen LogP contribution in [-0.4, -0.2) is 24.2 Å². The van der Waals surface area contributed by atoms with Gasteiger partial charge >= 0.3 is 0 Å². The molecule has 2 rings (SSSR count). The molecule has 0 spiro atoms. The van der Waals surface area contributed by atoms with Crippen LogP contribution in [0.2, 0.25) is 5.02 Å². The smallest absolute Gasteiger partial charge is 0.272 e. The highest BCUT2D eigenvalue weighted by Gasteiger charge is 2.12. The summed E-state index contributed by atoms with van der Waals surface area (Å²) in [5.41, 5.74) is 1.19. The van der Waals surface area contributed by atoms with E-state index in [9.17, 15) is 4.79 Å². The summed E-state index contributed by atoms with van der Waals surface area (Å²) in [7, 11) is 1.63. The van der Waals surface area contributed by atoms with E-state index >= 15 is 0 Å². The van der Waals surface area contributed by atoms with Crippen LogP contribution < -0.4 is 5.32 Å². The molecule has 0 atom stereocenters. The molecule has 6 heteroatoms. The Labute approximate surface area is 136 Å². The van der Waals surface area contributed by atoms with E-state index in [2.05, 4.69) is 27.9 Å². The van der Waals surface area contributed by atoms with E-state index in [1.165, 1.54) is 0 Å². The third-order valence-electron chi connectivity index (χ3n) is 2.78. The van der Waals surface area contributed by atoms with E-state index in [1.54, 1.807) is 19.2 Å². The van der Waals surface area contributed by atoms with Gasteiger partial charge in [-0.3, -0.25) is 4.79 Å². The van der Waals surface area contributed by atoms with E-state index in [0.717, 1.165) is 3.57 Å². The molecule has 0 radical (unpaired) electrons. The second-order valence-corrected chi connectivity index (χ2v) is 5.81. The number of nitrogens with zero attached hydrogens (tertiary/aromatic N) is 1. The maximum Gasteiger partial charge on any atom is 0.272 e. The molecule has 0 unspecified atom stereocenters. The Morgan fingerprint density at radius 1 is 1.45 bits per heavy atom. The molecule has 1 N–H and O–H groups in total. The molecular formula is C14H14ClIN2O2. The summed E-state index contributed by atoms with van der Waals surface area (Å²) in [6.07, 6.45) is 1.85. The molecule has 106 valence electrons. The Kier molecular flexibility index (Phi) is 5.45. The Balaban J connectivity index is 2.14. The molecule has 0 aliphatic heterocycles. The number of aromatic nitrogens is 1. The van der Waals surface area contributed by atoms with Crippen molar-refractivity contribution in [2.24, 2.45) is 0 Å². The van der Waals surface area contributed by atoms with Crippen molar-refractivity contribution >= 4 is 45.8 Å². The Hall–Kier alpha value is -1.05. The maximum atomic E-state index is 12.3. The molecule has 0 aliphatic rings. The summed E-state index contributed by atoms with van der Waals surface area (Å²) < 4.78 is 7.89. The quantitative estimate of drug-likeness (QED) is 0.773. The summed E-state index contributed by atoms with van der Waals surface area (Å²) in [5.74, 6) is -0.186. The van der Waals surface area contributed by atoms with Gasteiger partial charge in [-0.25, -0.2) is 0 Å². The van der Waals surface area contributed by atoms with Crippen molar-refractivity contribution in [1.29, 1.82) is 0 Å². The van der Waals surface area contributed by atoms with Crippen LogP contribution in [0.3, 0.4) is 0 Å². The second-order valence-electron chi connectivity index (χ2n) is 4.16. The Bertz CT molecular complexity index is 613. The van der Waals surface area contributed by atoms with Crippen molar-refractivity contribution in [3.05, 3.63) is 50.8 Å². The molecule has 1 heterocycles. The first-order chi connectivity index (χ1) is 9.61. The lowest BCUT2D eigenvalue weighted by Gasteiger charge is -2.10. The topological polar surface area (TPSA) is 43.3 Å². The molecule has 0 saturated carbocycles. The molecule has 0 aliphatic carbocycles. The van der Waals surface area contributed by atoms with Crippen LogP contribution in [0.15, 0.2) is 36.5 Å². The molecule has 20 heavy (non-hydrogen) atoms. The number of methoxy groups -OCH3 is 1. The van der Waals surface area contributed by atoms with Gasteiger partial charge in [0.2, 0.25) is 0 Å². The van der Waals surface area contributed by atoms with Gasteiger partial charge in [-0.1, -0.05) is 11.6 Å². The van der Waals surface area contributed by atoms with Gasteiger partial charge in [0.1, 0.15) is 5.69 Å². The van der Waals surface area contributed by atoms with Gasteiger partial charge in [0, 0.05) is 23.4 Å². The molecule has 1 amide bonds. The zero-order chi connectivity index (χ0) is 14.5. The van der Waals surface area contributed by atoms with Crippen LogP contribution in [0.4, 0.5) is 5.69 Å². The van der Waals surface area contributed by atoms with Crippen molar-refractivity contribution in [2.45, 2.75) is 6.54 Å².